The number of carbonyl (C=O) groups is 14. The summed E-state index contributed by atoms with van der Waals surface area (Å²) in [5.74, 6) is -8.60. The van der Waals surface area contributed by atoms with Crippen molar-refractivity contribution in [3.05, 3.63) is 0 Å². The minimum absolute atomic E-state index is 0.0476. The lowest BCUT2D eigenvalue weighted by atomic mass is 10.1. The normalized spacial score (nSPS) is 13.0. The molecule has 39 heteroatoms. The first-order valence-corrected chi connectivity index (χ1v) is 40.2. The lowest BCUT2D eigenvalue weighted by Gasteiger charge is -2.17. The lowest BCUT2D eigenvalue weighted by Crippen LogP contribution is -2.48. The number of hydrogen-bond donors (Lipinski definition) is 16. The van der Waals surface area contributed by atoms with Gasteiger partial charge in [0.05, 0.1) is 69.3 Å². The van der Waals surface area contributed by atoms with E-state index in [0.29, 0.717) is 48.7 Å². The minimum atomic E-state index is -1.11. The Labute approximate surface area is 649 Å². The Morgan fingerprint density at radius 3 is 0.850 bits per heavy atom. The molecule has 0 saturated carbocycles. The summed E-state index contributed by atoms with van der Waals surface area (Å²) in [5.41, 5.74) is 11.5. The molecule has 0 fully saturated rings. The second-order valence-electron chi connectivity index (χ2n) is 23.5. The standard InChI is InChI=1S/2C14H28N2O3.C8H15NO5.C6H11NO4S.C6H11NO3S.2C5H10O3.2C5H10O2S/c2*1-3-5-7-9-11(15)13(17)16-12(14(18)19)10-8-6-4-2;1-13-4-3-7(10)9-6(5-14-2)8(11)12;1-11-6(10)7-4(3-12-2)5(8)9;1-4(8)7-5(3-11-2)6(9)10;4*1-4(3-8-2)5(6)7/h2*11-12H,3-10,15H2,1-2H3,(H,16,17)(H,18,19);6H,3-5H2,1-2H3,(H,9,10)(H,11,12);4H,3H2,1-2H3,(H,7,10)(H,8,9);5H,3H2,1-2H3,(H,7,8)(H,9,10);4*4H,3H2,1-2H3,(H,6,7). The van der Waals surface area contributed by atoms with Crippen LogP contribution in [0.25, 0.3) is 0 Å². The molecule has 0 aliphatic carbocycles. The van der Waals surface area contributed by atoms with E-state index in [1.165, 1.54) is 66.0 Å². The highest BCUT2D eigenvalue weighted by Gasteiger charge is 2.25. The molecule has 0 aromatic rings. The van der Waals surface area contributed by atoms with E-state index in [1.807, 2.05) is 12.5 Å². The lowest BCUT2D eigenvalue weighted by molar-refractivity contribution is -0.143. The molecule has 35 nitrogen and oxygen atoms in total. The summed E-state index contributed by atoms with van der Waals surface area (Å²) in [7, 11) is 7.00. The zero-order valence-electron chi connectivity index (χ0n) is 66.1. The molecular weight excluding hydrogens is 1490 g/mol. The highest BCUT2D eigenvalue weighted by atomic mass is 32.2. The Kier molecular flexibility index (Phi) is 92.9. The first-order valence-electron chi connectivity index (χ1n) is 34.6. The third-order valence-electron chi connectivity index (χ3n) is 13.3. The number of nitrogens with two attached hydrogens (primary N) is 2. The smallest absolute Gasteiger partial charge is 0.407 e. The van der Waals surface area contributed by atoms with Crippen LogP contribution >= 0.6 is 47.0 Å². The number of unbranched alkanes of at least 4 members (excludes halogenated alkanes) is 8. The fraction of sp³-hybridized carbons (Fsp3) is 0.794. The third-order valence-corrected chi connectivity index (χ3v) is 16.3. The van der Waals surface area contributed by atoms with Crippen molar-refractivity contribution >= 4 is 130 Å². The van der Waals surface area contributed by atoms with Crippen molar-refractivity contribution in [3.63, 3.8) is 0 Å². The predicted octanol–water partition coefficient (Wildman–Crippen LogP) is 6.27. The number of carboxylic acid groups (broad SMARTS) is 9. The Morgan fingerprint density at radius 2 is 0.636 bits per heavy atom. The minimum Gasteiger partial charge on any atom is -0.481 e. The van der Waals surface area contributed by atoms with Crippen LogP contribution in [0, 0.1) is 23.7 Å². The number of nitrogens with one attached hydrogen (secondary N) is 5. The fourth-order valence-electron chi connectivity index (χ4n) is 6.98. The Bertz CT molecular complexity index is 2220. The fourth-order valence-corrected chi connectivity index (χ4v) is 9.38. The molecule has 632 valence electrons. The molecule has 0 bridgehead atoms. The van der Waals surface area contributed by atoms with Crippen LogP contribution in [0.1, 0.15) is 171 Å². The largest absolute Gasteiger partial charge is 0.481 e. The van der Waals surface area contributed by atoms with Crippen molar-refractivity contribution < 1.29 is 137 Å². The average Bonchev–Trinajstić information content (AvgIpc) is 0.914. The maximum absolute atomic E-state index is 11.8. The molecule has 0 rings (SSSR count). The summed E-state index contributed by atoms with van der Waals surface area (Å²) in [6.45, 7) is 17.0. The van der Waals surface area contributed by atoms with Crippen LogP contribution in [0.15, 0.2) is 0 Å². The predicted molar refractivity (Wildman–Crippen MR) is 416 cm³/mol. The van der Waals surface area contributed by atoms with E-state index < -0.39 is 102 Å². The van der Waals surface area contributed by atoms with Gasteiger partial charge in [-0.25, -0.2) is 28.8 Å². The van der Waals surface area contributed by atoms with Gasteiger partial charge in [-0.15, -0.1) is 0 Å². The van der Waals surface area contributed by atoms with Gasteiger partial charge in [0, 0.05) is 64.8 Å². The summed E-state index contributed by atoms with van der Waals surface area (Å²) in [4.78, 5) is 149. The molecule has 0 aromatic carbocycles. The first-order chi connectivity index (χ1) is 50.1. The van der Waals surface area contributed by atoms with Crippen LogP contribution in [0.2, 0.25) is 0 Å². The molecule has 11 unspecified atom stereocenters. The Morgan fingerprint density at radius 1 is 0.346 bits per heavy atom. The van der Waals surface area contributed by atoms with E-state index in [9.17, 15) is 67.1 Å². The van der Waals surface area contributed by atoms with Crippen LogP contribution in [0.5, 0.6) is 0 Å². The summed E-state index contributed by atoms with van der Waals surface area (Å²) >= 11 is 5.84. The second kappa shape index (κ2) is 83.6. The van der Waals surface area contributed by atoms with Gasteiger partial charge >= 0.3 is 59.8 Å². The van der Waals surface area contributed by atoms with Gasteiger partial charge in [-0.2, -0.15) is 47.0 Å². The quantitative estimate of drug-likeness (QED) is 0.0298. The number of aliphatic carboxylic acids is 9. The Balaban J connectivity index is -0.000000147. The molecule has 11 atom stereocenters. The van der Waals surface area contributed by atoms with Gasteiger partial charge in [0.1, 0.15) is 24.2 Å². The van der Waals surface area contributed by atoms with Crippen molar-refractivity contribution in [1.29, 1.82) is 0 Å². The summed E-state index contributed by atoms with van der Waals surface area (Å²) in [6, 6.07) is -5.45. The number of rotatable bonds is 49. The van der Waals surface area contributed by atoms with Gasteiger partial charge in [0.2, 0.25) is 23.6 Å². The first kappa shape index (κ1) is 119. The number of thioether (sulfide) groups is 4. The van der Waals surface area contributed by atoms with Gasteiger partial charge in [0.25, 0.3) is 0 Å². The van der Waals surface area contributed by atoms with Gasteiger partial charge in [-0.05, 0) is 64.6 Å². The number of carbonyl (C=O) groups excluding carboxylic acids is 5. The van der Waals surface area contributed by atoms with Crippen molar-refractivity contribution in [2.45, 2.75) is 214 Å². The molecule has 0 aromatic heterocycles. The second-order valence-corrected chi connectivity index (χ2v) is 27.1. The molecule has 0 aliphatic heterocycles. The molecule has 0 saturated heterocycles. The maximum atomic E-state index is 11.8. The van der Waals surface area contributed by atoms with E-state index in [1.54, 1.807) is 63.7 Å². The van der Waals surface area contributed by atoms with Crippen molar-refractivity contribution in [3.8, 4) is 0 Å². The highest BCUT2D eigenvalue weighted by Crippen LogP contribution is 2.10. The van der Waals surface area contributed by atoms with Gasteiger partial charge in [-0.3, -0.25) is 38.4 Å². The van der Waals surface area contributed by atoms with E-state index in [2.05, 4.69) is 78.0 Å². The summed E-state index contributed by atoms with van der Waals surface area (Å²) < 4.78 is 22.7. The van der Waals surface area contributed by atoms with E-state index >= 15 is 0 Å². The Hall–Kier alpha value is -6.46. The number of amides is 5. The SMILES string of the molecule is CCCCCC(N)C(=O)NC(CCCCC)C(=O)O.CCCCCC(N)C(=O)NC(CCCCC)C(=O)O.COC(=O)NC(CSC)C(=O)O.COCC(C)C(=O)O.COCC(C)C(=O)O.COCCC(=O)NC(COC)C(=O)O.CSCC(C)C(=O)O.CSCC(C)C(=O)O.CSCC(NC(C)=O)C(=O)O. The zero-order valence-corrected chi connectivity index (χ0v) is 69.4. The number of methoxy groups -OCH3 is 5. The van der Waals surface area contributed by atoms with Crippen LogP contribution in [0.4, 0.5) is 4.79 Å². The molecule has 0 radical (unpaired) electrons. The van der Waals surface area contributed by atoms with Gasteiger partial charge in [0.15, 0.2) is 6.04 Å². The average molecular weight is 1630 g/mol. The van der Waals surface area contributed by atoms with Crippen molar-refractivity contribution in [1.82, 2.24) is 26.6 Å². The van der Waals surface area contributed by atoms with Crippen LogP contribution in [-0.4, -0.2) is 282 Å². The number of hydrogen-bond acceptors (Lipinski definition) is 25. The number of carboxylic acids is 9. The molecule has 0 spiro atoms. The number of alkyl carbamates (subject to hydrolysis) is 1. The van der Waals surface area contributed by atoms with Crippen LogP contribution < -0.4 is 38.1 Å². The van der Waals surface area contributed by atoms with Gasteiger partial charge in [-0.1, -0.05) is 119 Å². The monoisotopic (exact) mass is 1620 g/mol. The third kappa shape index (κ3) is 86.7. The van der Waals surface area contributed by atoms with Crippen LogP contribution in [-0.2, 0) is 86.0 Å². The molecular formula is C68H133N7O28S4. The topological polar surface area (TPSA) is 579 Å². The van der Waals surface area contributed by atoms with E-state index in [-0.39, 0.29) is 80.1 Å². The van der Waals surface area contributed by atoms with Gasteiger partial charge < -0.3 is 108 Å². The molecule has 5 amide bonds. The van der Waals surface area contributed by atoms with Crippen molar-refractivity contribution in [2.24, 2.45) is 35.1 Å². The van der Waals surface area contributed by atoms with Crippen molar-refractivity contribution in [2.75, 3.05) is 110 Å². The van der Waals surface area contributed by atoms with E-state index in [4.69, 9.17) is 57.4 Å². The van der Waals surface area contributed by atoms with E-state index in [0.717, 1.165) is 77.0 Å². The summed E-state index contributed by atoms with van der Waals surface area (Å²) in [5, 5.41) is 88.8. The van der Waals surface area contributed by atoms with Crippen LogP contribution in [0.3, 0.4) is 0 Å². The number of ether oxygens (including phenoxy) is 5. The highest BCUT2D eigenvalue weighted by molar-refractivity contribution is 7.99. The summed E-state index contributed by atoms with van der Waals surface area (Å²) in [6.07, 6.45) is 20.6. The molecule has 18 N–H and O–H groups in total. The molecule has 107 heavy (non-hydrogen) atoms. The maximum Gasteiger partial charge on any atom is 0.407 e. The molecule has 0 aliphatic rings. The zero-order chi connectivity index (χ0) is 85.0. The molecule has 0 heterocycles.